The second-order valence-corrected chi connectivity index (χ2v) is 16.3. The van der Waals surface area contributed by atoms with E-state index in [0.29, 0.717) is 18.4 Å². The van der Waals surface area contributed by atoms with E-state index in [1.165, 1.54) is 48.6 Å². The number of aliphatic hydroxyl groups is 3. The number of nitrogens with two attached hydrogens (primary N) is 1. The number of ketones is 2. The molecule has 62 heavy (non-hydrogen) atoms. The molecule has 1 aliphatic carbocycles. The molecular weight excluding hydrogens is 805 g/mol. The van der Waals surface area contributed by atoms with Crippen LogP contribution in [0.15, 0.2) is 72.8 Å². The van der Waals surface area contributed by atoms with Crippen LogP contribution in [-0.2, 0) is 41.6 Å². The van der Waals surface area contributed by atoms with E-state index in [1.807, 2.05) is 30.3 Å². The van der Waals surface area contributed by atoms with Crippen molar-refractivity contribution in [2.24, 2.45) is 23.5 Å². The van der Waals surface area contributed by atoms with Gasteiger partial charge in [0.1, 0.15) is 30.5 Å². The smallest absolute Gasteiger partial charge is 0.336 e. The molecule has 2 heterocycles. The number of benzene rings is 3. The number of phenolic OH excluding ortho intramolecular Hbond substituents is 3. The number of likely N-dealkylation sites (N-methyl/N-ethyl adjacent to an activating group) is 1. The van der Waals surface area contributed by atoms with Crippen LogP contribution in [0.2, 0.25) is 0 Å². The van der Waals surface area contributed by atoms with Gasteiger partial charge in [0, 0.05) is 38.0 Å². The number of carbonyl (C=O) groups excluding carboxylic acids is 2. The van der Waals surface area contributed by atoms with Crippen molar-refractivity contribution in [2.45, 2.75) is 67.7 Å². The molecule has 6 rings (SSSR count). The van der Waals surface area contributed by atoms with Crippen molar-refractivity contribution < 1.29 is 69.1 Å². The molecule has 2 bridgehead atoms. The Bertz CT molecular complexity index is 2130. The van der Waals surface area contributed by atoms with E-state index >= 15 is 0 Å². The minimum Gasteiger partial charge on any atom is -0.504 e. The summed E-state index contributed by atoms with van der Waals surface area (Å²) in [5.74, 6) is -6.20. The van der Waals surface area contributed by atoms with Gasteiger partial charge in [-0.25, -0.2) is 4.79 Å². The number of aromatic hydroxyl groups is 3. The minimum atomic E-state index is -2.27. The Balaban J connectivity index is 1.38. The quantitative estimate of drug-likeness (QED) is 0.0619. The maximum absolute atomic E-state index is 15.0. The van der Waals surface area contributed by atoms with Crippen LogP contribution in [0.3, 0.4) is 0 Å². The van der Waals surface area contributed by atoms with Crippen molar-refractivity contribution in [1.82, 2.24) is 5.32 Å². The van der Waals surface area contributed by atoms with Gasteiger partial charge in [-0.2, -0.15) is 0 Å². The average Bonchev–Trinajstić information content (AvgIpc) is 3.25. The molecule has 8 atom stereocenters. The fourth-order valence-electron chi connectivity index (χ4n) is 9.45. The average molecular weight is 861 g/mol. The zero-order valence-corrected chi connectivity index (χ0v) is 34.5. The molecular formula is C46H56N2O14. The maximum Gasteiger partial charge on any atom is 0.336 e. The first-order valence-electron chi connectivity index (χ1n) is 20.7. The number of aliphatic hydroxyl groups excluding tert-OH is 3. The number of rotatable bonds is 19. The molecule has 16 heteroatoms. The van der Waals surface area contributed by atoms with Crippen LogP contribution in [-0.4, -0.2) is 129 Å². The summed E-state index contributed by atoms with van der Waals surface area (Å²) in [7, 11) is 1.60. The summed E-state index contributed by atoms with van der Waals surface area (Å²) in [5, 5.41) is 78.1. The third-order valence-corrected chi connectivity index (χ3v) is 12.4. The van der Waals surface area contributed by atoms with Crippen LogP contribution in [0.5, 0.6) is 23.0 Å². The number of fused-ring (bicyclic) bond motifs is 1. The van der Waals surface area contributed by atoms with Crippen molar-refractivity contribution in [3.05, 3.63) is 95.1 Å². The topological polar surface area (TPSA) is 268 Å². The van der Waals surface area contributed by atoms with E-state index in [-0.39, 0.29) is 67.7 Å². The van der Waals surface area contributed by atoms with Gasteiger partial charge in [0.05, 0.1) is 19.3 Å². The monoisotopic (exact) mass is 860 g/mol. The molecule has 0 spiro atoms. The van der Waals surface area contributed by atoms with Crippen LogP contribution in [0.4, 0.5) is 0 Å². The molecule has 0 radical (unpaired) electrons. The molecule has 334 valence electrons. The van der Waals surface area contributed by atoms with Gasteiger partial charge in [-0.05, 0) is 97.3 Å². The van der Waals surface area contributed by atoms with Gasteiger partial charge in [-0.3, -0.25) is 9.59 Å². The normalized spacial score (nSPS) is 28.4. The summed E-state index contributed by atoms with van der Waals surface area (Å²) in [4.78, 5) is 42.0. The Labute approximate surface area is 359 Å². The van der Waals surface area contributed by atoms with Gasteiger partial charge in [-0.15, -0.1) is 0 Å². The molecule has 0 aromatic heterocycles. The highest BCUT2D eigenvalue weighted by Gasteiger charge is 2.73. The minimum absolute atomic E-state index is 0.0306. The Morgan fingerprint density at radius 2 is 1.73 bits per heavy atom. The lowest BCUT2D eigenvalue weighted by atomic mass is 9.55. The molecule has 2 aliphatic heterocycles. The van der Waals surface area contributed by atoms with E-state index < -0.39 is 96.1 Å². The zero-order chi connectivity index (χ0) is 44.7. The Morgan fingerprint density at radius 3 is 2.40 bits per heavy atom. The van der Waals surface area contributed by atoms with E-state index in [2.05, 4.69) is 5.32 Å². The van der Waals surface area contributed by atoms with E-state index in [0.717, 1.165) is 5.56 Å². The highest BCUT2D eigenvalue weighted by atomic mass is 16.6. The van der Waals surface area contributed by atoms with Gasteiger partial charge < -0.3 is 65.7 Å². The van der Waals surface area contributed by atoms with Gasteiger partial charge in [0.25, 0.3) is 0 Å². The van der Waals surface area contributed by atoms with Crippen molar-refractivity contribution in [2.75, 3.05) is 46.6 Å². The first-order valence-corrected chi connectivity index (χ1v) is 20.7. The molecule has 3 aliphatic rings. The summed E-state index contributed by atoms with van der Waals surface area (Å²) < 4.78 is 25.2. The summed E-state index contributed by atoms with van der Waals surface area (Å²) in [6, 6.07) is 16.6. The SMILES string of the molecule is CNCC12OC3(C(=O)C=Cc4cc(O)c(O)cc4CO)CC(CCc4ccccc4)COC1C(O)CC(OCC(=O)C=Cc1ccc(OCCN)c(O)c1)(C(=O)O)C2CC3CO. The van der Waals surface area contributed by atoms with Crippen LogP contribution in [0.25, 0.3) is 12.2 Å². The van der Waals surface area contributed by atoms with Gasteiger partial charge in [0.2, 0.25) is 0 Å². The number of aryl methyl sites for hydroxylation is 1. The number of carboxylic acid groups (broad SMARTS) is 1. The number of hydrogen-bond donors (Lipinski definition) is 9. The molecule has 10 N–H and O–H groups in total. The third kappa shape index (κ3) is 9.43. The first kappa shape index (κ1) is 46.3. The second-order valence-electron chi connectivity index (χ2n) is 16.3. The Morgan fingerprint density at radius 1 is 0.968 bits per heavy atom. The number of carboxylic acids is 1. The van der Waals surface area contributed by atoms with E-state index in [9.17, 15) is 50.1 Å². The third-order valence-electron chi connectivity index (χ3n) is 12.4. The number of hydrogen-bond acceptors (Lipinski definition) is 15. The number of ether oxygens (including phenoxy) is 4. The van der Waals surface area contributed by atoms with Gasteiger partial charge in [-0.1, -0.05) is 48.6 Å². The number of carbonyl (C=O) groups is 3. The molecule has 3 aromatic carbocycles. The lowest BCUT2D eigenvalue weighted by Gasteiger charge is -2.64. The van der Waals surface area contributed by atoms with Gasteiger partial charge in [0.15, 0.2) is 40.2 Å². The molecule has 3 aromatic rings. The molecule has 1 saturated carbocycles. The van der Waals surface area contributed by atoms with Crippen LogP contribution < -0.4 is 15.8 Å². The van der Waals surface area contributed by atoms with Crippen molar-refractivity contribution >= 4 is 29.7 Å². The predicted octanol–water partition coefficient (Wildman–Crippen LogP) is 2.48. The lowest BCUT2D eigenvalue weighted by molar-refractivity contribution is -0.345. The van der Waals surface area contributed by atoms with Crippen molar-refractivity contribution in [1.29, 1.82) is 0 Å². The molecule has 2 saturated heterocycles. The first-order chi connectivity index (χ1) is 29.7. The summed E-state index contributed by atoms with van der Waals surface area (Å²) in [6.07, 6.45) is 2.95. The summed E-state index contributed by atoms with van der Waals surface area (Å²) in [6.45, 7) is -1.52. The lowest BCUT2D eigenvalue weighted by Crippen LogP contribution is -2.80. The summed E-state index contributed by atoms with van der Waals surface area (Å²) >= 11 is 0. The van der Waals surface area contributed by atoms with Gasteiger partial charge >= 0.3 is 5.97 Å². The molecule has 8 unspecified atom stereocenters. The Hall–Kier alpha value is -5.17. The fourth-order valence-corrected chi connectivity index (χ4v) is 9.45. The van der Waals surface area contributed by atoms with E-state index in [1.54, 1.807) is 13.1 Å². The van der Waals surface area contributed by atoms with Crippen molar-refractivity contribution in [3.8, 4) is 23.0 Å². The highest BCUT2D eigenvalue weighted by Crippen LogP contribution is 2.58. The zero-order valence-electron chi connectivity index (χ0n) is 34.5. The number of phenols is 3. The fraction of sp³-hybridized carbons (Fsp3) is 0.457. The molecule has 3 fully saturated rings. The molecule has 0 amide bonds. The van der Waals surface area contributed by atoms with Crippen LogP contribution in [0, 0.1) is 17.8 Å². The summed E-state index contributed by atoms with van der Waals surface area (Å²) in [5.41, 5.74) is 1.53. The van der Waals surface area contributed by atoms with E-state index in [4.69, 9.17) is 24.7 Å². The largest absolute Gasteiger partial charge is 0.504 e. The number of aliphatic carboxylic acids is 1. The standard InChI is InChI=1S/C46H56N2O14/c1-48-27-46-40-20-33(24-50)44(62-46,41(56)14-11-31-18-35(52)36(53)19-32(31)23-49)21-30(8-7-28-5-3-2-4-6-28)25-60-42(46)38(55)22-45(40,43(57)58)61-26-34(51)12-9-29-10-13-39(37(54)17-29)59-16-15-47/h2-6,9-14,17-19,30,33,38,40,42,48-50,52-55H,7-8,15-16,20-27,47H2,1H3,(H,57,58). The second kappa shape index (κ2) is 19.9. The molecule has 16 nitrogen and oxygen atoms in total. The highest BCUT2D eigenvalue weighted by molar-refractivity contribution is 6.01. The number of nitrogens with one attached hydrogen (secondary N) is 1. The van der Waals surface area contributed by atoms with Crippen LogP contribution in [0.1, 0.15) is 47.9 Å². The van der Waals surface area contributed by atoms with Crippen molar-refractivity contribution in [3.63, 3.8) is 0 Å². The maximum atomic E-state index is 15.0. The van der Waals surface area contributed by atoms with Crippen LogP contribution >= 0.6 is 0 Å². The Kier molecular flexibility index (Phi) is 14.9. The predicted molar refractivity (Wildman–Crippen MR) is 225 cm³/mol.